The maximum Gasteiger partial charge on any atom is 0.260 e. The van der Waals surface area contributed by atoms with Gasteiger partial charge in [0.2, 0.25) is 5.82 Å². The third-order valence-corrected chi connectivity index (χ3v) is 3.94. The van der Waals surface area contributed by atoms with Crippen LogP contribution in [0.5, 0.6) is 0 Å². The fraction of sp³-hybridized carbons (Fsp3) is 0.125. The zero-order valence-electron chi connectivity index (χ0n) is 11.8. The summed E-state index contributed by atoms with van der Waals surface area (Å²) in [6.45, 7) is 0. The van der Waals surface area contributed by atoms with E-state index in [1.807, 2.05) is 43.4 Å². The van der Waals surface area contributed by atoms with Crippen LogP contribution < -0.4 is 5.32 Å². The molecule has 5 heteroatoms. The van der Waals surface area contributed by atoms with Crippen LogP contribution in [0.1, 0.15) is 0 Å². The van der Waals surface area contributed by atoms with E-state index >= 15 is 0 Å². The van der Waals surface area contributed by atoms with E-state index in [-0.39, 0.29) is 0 Å². The highest BCUT2D eigenvalue weighted by Gasteiger charge is 2.13. The molecule has 3 aromatic rings. The van der Waals surface area contributed by atoms with E-state index < -0.39 is 0 Å². The summed E-state index contributed by atoms with van der Waals surface area (Å²) in [5.74, 6) is 1.12. The number of para-hydroxylation sites is 1. The van der Waals surface area contributed by atoms with Gasteiger partial charge in [-0.3, -0.25) is 0 Å². The molecule has 106 valence electrons. The van der Waals surface area contributed by atoms with Gasteiger partial charge in [0.05, 0.1) is 5.56 Å². The van der Waals surface area contributed by atoms with Crippen molar-refractivity contribution in [2.75, 3.05) is 18.6 Å². The summed E-state index contributed by atoms with van der Waals surface area (Å²) in [7, 11) is 1.87. The van der Waals surface area contributed by atoms with Crippen molar-refractivity contribution in [3.05, 3.63) is 48.5 Å². The van der Waals surface area contributed by atoms with Crippen LogP contribution >= 0.6 is 11.8 Å². The molecule has 0 aliphatic heterocycles. The topological polar surface area (TPSA) is 51.0 Å². The van der Waals surface area contributed by atoms with Gasteiger partial charge in [-0.05, 0) is 42.7 Å². The first-order valence-corrected chi connectivity index (χ1v) is 7.79. The standard InChI is InChI=1S/C16H15N3OS/c1-17-14-6-4-3-5-13(14)16-18-15(19-20-16)11-7-9-12(21-2)10-8-11/h3-10,17H,1-2H3. The Morgan fingerprint density at radius 2 is 1.81 bits per heavy atom. The third-order valence-electron chi connectivity index (χ3n) is 3.20. The molecule has 0 unspecified atom stereocenters. The lowest BCUT2D eigenvalue weighted by Crippen LogP contribution is -1.91. The Hall–Kier alpha value is -2.27. The highest BCUT2D eigenvalue weighted by atomic mass is 32.2. The van der Waals surface area contributed by atoms with E-state index in [1.165, 1.54) is 4.90 Å². The lowest BCUT2D eigenvalue weighted by molar-refractivity contribution is 0.432. The van der Waals surface area contributed by atoms with Crippen molar-refractivity contribution in [2.24, 2.45) is 0 Å². The lowest BCUT2D eigenvalue weighted by atomic mass is 10.1. The van der Waals surface area contributed by atoms with Gasteiger partial charge in [-0.15, -0.1) is 11.8 Å². The van der Waals surface area contributed by atoms with Crippen LogP contribution in [0.25, 0.3) is 22.8 Å². The summed E-state index contributed by atoms with van der Waals surface area (Å²) in [5.41, 5.74) is 2.81. The largest absolute Gasteiger partial charge is 0.387 e. The lowest BCUT2D eigenvalue weighted by Gasteiger charge is -2.03. The summed E-state index contributed by atoms with van der Waals surface area (Å²) >= 11 is 1.71. The second-order valence-electron chi connectivity index (χ2n) is 4.45. The molecule has 1 N–H and O–H groups in total. The minimum atomic E-state index is 0.517. The SMILES string of the molecule is CNc1ccccc1-c1nc(-c2ccc(SC)cc2)no1. The number of hydrogen-bond donors (Lipinski definition) is 1. The van der Waals surface area contributed by atoms with Crippen LogP contribution in [0.15, 0.2) is 57.9 Å². The van der Waals surface area contributed by atoms with Gasteiger partial charge in [-0.1, -0.05) is 17.3 Å². The number of hydrogen-bond acceptors (Lipinski definition) is 5. The van der Waals surface area contributed by atoms with Gasteiger partial charge in [-0.25, -0.2) is 0 Å². The fourth-order valence-electron chi connectivity index (χ4n) is 2.08. The maximum absolute atomic E-state index is 5.40. The minimum Gasteiger partial charge on any atom is -0.387 e. The zero-order valence-corrected chi connectivity index (χ0v) is 12.6. The molecule has 0 aliphatic rings. The second kappa shape index (κ2) is 6.01. The van der Waals surface area contributed by atoms with Crippen LogP contribution in [0.4, 0.5) is 5.69 Å². The Morgan fingerprint density at radius 1 is 1.05 bits per heavy atom. The Morgan fingerprint density at radius 3 is 2.52 bits per heavy atom. The van der Waals surface area contributed by atoms with Crippen molar-refractivity contribution >= 4 is 17.4 Å². The van der Waals surface area contributed by atoms with Gasteiger partial charge in [0.15, 0.2) is 0 Å². The van der Waals surface area contributed by atoms with Crippen LogP contribution in [0, 0.1) is 0 Å². The van der Waals surface area contributed by atoms with Crippen molar-refractivity contribution in [1.29, 1.82) is 0 Å². The molecule has 1 heterocycles. The Labute approximate surface area is 127 Å². The summed E-state index contributed by atoms with van der Waals surface area (Å²) in [4.78, 5) is 5.70. The van der Waals surface area contributed by atoms with Crippen LogP contribution in [-0.2, 0) is 0 Å². The Kier molecular flexibility index (Phi) is 3.92. The van der Waals surface area contributed by atoms with E-state index in [9.17, 15) is 0 Å². The van der Waals surface area contributed by atoms with E-state index in [4.69, 9.17) is 4.52 Å². The Balaban J connectivity index is 1.95. The van der Waals surface area contributed by atoms with Gasteiger partial charge >= 0.3 is 0 Å². The summed E-state index contributed by atoms with van der Waals surface area (Å²) < 4.78 is 5.40. The molecule has 0 fully saturated rings. The molecular weight excluding hydrogens is 282 g/mol. The van der Waals surface area contributed by atoms with E-state index in [0.717, 1.165) is 16.8 Å². The van der Waals surface area contributed by atoms with Gasteiger partial charge in [0.1, 0.15) is 0 Å². The van der Waals surface area contributed by atoms with Crippen LogP contribution in [0.2, 0.25) is 0 Å². The number of thioether (sulfide) groups is 1. The molecule has 0 spiro atoms. The average Bonchev–Trinajstić information content (AvgIpc) is 3.04. The quantitative estimate of drug-likeness (QED) is 0.733. The molecule has 21 heavy (non-hydrogen) atoms. The Bertz CT molecular complexity index is 737. The van der Waals surface area contributed by atoms with Crippen molar-refractivity contribution in [1.82, 2.24) is 10.1 Å². The summed E-state index contributed by atoms with van der Waals surface area (Å²) in [6, 6.07) is 16.0. The predicted molar refractivity (Wildman–Crippen MR) is 86.5 cm³/mol. The number of rotatable bonds is 4. The maximum atomic E-state index is 5.40. The van der Waals surface area contributed by atoms with E-state index in [2.05, 4.69) is 33.8 Å². The summed E-state index contributed by atoms with van der Waals surface area (Å²) in [5, 5.41) is 7.20. The third kappa shape index (κ3) is 2.78. The first kappa shape index (κ1) is 13.7. The zero-order chi connectivity index (χ0) is 14.7. The molecule has 0 amide bonds. The molecular formula is C16H15N3OS. The van der Waals surface area contributed by atoms with Gasteiger partial charge in [0.25, 0.3) is 5.89 Å². The molecule has 3 rings (SSSR count). The first-order chi connectivity index (χ1) is 10.3. The molecule has 2 aromatic carbocycles. The predicted octanol–water partition coefficient (Wildman–Crippen LogP) is 4.17. The molecule has 0 saturated carbocycles. The van der Waals surface area contributed by atoms with Gasteiger partial charge in [-0.2, -0.15) is 4.98 Å². The average molecular weight is 297 g/mol. The molecule has 0 bridgehead atoms. The van der Waals surface area contributed by atoms with Crippen molar-refractivity contribution in [2.45, 2.75) is 4.90 Å². The number of aromatic nitrogens is 2. The van der Waals surface area contributed by atoms with Gasteiger partial charge in [0, 0.05) is 23.2 Å². The van der Waals surface area contributed by atoms with Gasteiger partial charge < -0.3 is 9.84 Å². The van der Waals surface area contributed by atoms with E-state index in [1.54, 1.807) is 11.8 Å². The van der Waals surface area contributed by atoms with E-state index in [0.29, 0.717) is 11.7 Å². The number of nitrogens with zero attached hydrogens (tertiary/aromatic N) is 2. The van der Waals surface area contributed by atoms with Crippen molar-refractivity contribution in [3.8, 4) is 22.8 Å². The molecule has 0 saturated heterocycles. The highest BCUT2D eigenvalue weighted by Crippen LogP contribution is 2.28. The first-order valence-electron chi connectivity index (χ1n) is 6.57. The highest BCUT2D eigenvalue weighted by molar-refractivity contribution is 7.98. The number of nitrogens with one attached hydrogen (secondary N) is 1. The fourth-order valence-corrected chi connectivity index (χ4v) is 2.49. The summed E-state index contributed by atoms with van der Waals surface area (Å²) in [6.07, 6.45) is 2.05. The number of benzene rings is 2. The molecule has 4 nitrogen and oxygen atoms in total. The molecule has 0 aliphatic carbocycles. The van der Waals surface area contributed by atoms with Crippen LogP contribution in [-0.4, -0.2) is 23.4 Å². The smallest absolute Gasteiger partial charge is 0.260 e. The number of anilines is 1. The monoisotopic (exact) mass is 297 g/mol. The normalized spacial score (nSPS) is 10.6. The minimum absolute atomic E-state index is 0.517. The molecule has 0 radical (unpaired) electrons. The second-order valence-corrected chi connectivity index (χ2v) is 5.33. The van der Waals surface area contributed by atoms with Crippen LogP contribution in [0.3, 0.4) is 0 Å². The molecule has 0 atom stereocenters. The van der Waals surface area contributed by atoms with Crippen molar-refractivity contribution in [3.63, 3.8) is 0 Å². The van der Waals surface area contributed by atoms with Crippen molar-refractivity contribution < 1.29 is 4.52 Å². The molecule has 1 aromatic heterocycles.